The van der Waals surface area contributed by atoms with Crippen LogP contribution < -0.4 is 16.4 Å². The van der Waals surface area contributed by atoms with Crippen LogP contribution in [0.4, 0.5) is 10.5 Å². The number of nitrogens with one attached hydrogen (secondary N) is 2. The minimum absolute atomic E-state index is 0.333. The van der Waals surface area contributed by atoms with Gasteiger partial charge >= 0.3 is 6.09 Å². The van der Waals surface area contributed by atoms with Gasteiger partial charge in [0.05, 0.1) is 17.1 Å². The molecule has 0 saturated heterocycles. The van der Waals surface area contributed by atoms with Crippen molar-refractivity contribution in [2.75, 3.05) is 5.32 Å². The molecule has 0 saturated carbocycles. The summed E-state index contributed by atoms with van der Waals surface area (Å²) in [4.78, 5) is 55.2. The predicted octanol–water partition coefficient (Wildman–Crippen LogP) is 6.37. The molecule has 2 rings (SSSR count). The normalized spacial score (nSPS) is 13.6. The molecule has 2 aromatic rings. The number of hydrogen-bond acceptors (Lipinski definition) is 5. The van der Waals surface area contributed by atoms with E-state index >= 15 is 0 Å². The number of ether oxygens (including phenoxy) is 1. The highest BCUT2D eigenvalue weighted by atomic mass is 35.5. The number of aryl methyl sites for hydroxylation is 3. The molecular weight excluding hydrogens is 568 g/mol. The van der Waals surface area contributed by atoms with Crippen LogP contribution >= 0.6 is 11.6 Å². The molecule has 4 amide bonds. The van der Waals surface area contributed by atoms with Crippen molar-refractivity contribution in [3.8, 4) is 0 Å². The first-order valence-corrected chi connectivity index (χ1v) is 15.0. The van der Waals surface area contributed by atoms with E-state index in [4.69, 9.17) is 22.1 Å². The second kappa shape index (κ2) is 15.2. The Morgan fingerprint density at radius 2 is 1.58 bits per heavy atom. The molecular formula is C33H47ClN4O5. The summed E-state index contributed by atoms with van der Waals surface area (Å²) >= 11 is 6.47. The molecule has 0 spiro atoms. The number of primary amides is 1. The summed E-state index contributed by atoms with van der Waals surface area (Å²) in [5.41, 5.74) is 8.28. The Labute approximate surface area is 260 Å². The van der Waals surface area contributed by atoms with Crippen molar-refractivity contribution in [3.05, 3.63) is 63.7 Å². The number of carbonyl (C=O) groups is 4. The molecule has 0 aliphatic carbocycles. The average molecular weight is 615 g/mol. The van der Waals surface area contributed by atoms with Crippen LogP contribution in [0.25, 0.3) is 0 Å². The van der Waals surface area contributed by atoms with E-state index in [2.05, 4.69) is 24.5 Å². The van der Waals surface area contributed by atoms with Gasteiger partial charge in [0.2, 0.25) is 11.8 Å². The number of alkyl carbamates (subject to hydrolysis) is 1. The number of carbonyl (C=O) groups excluding carboxylic acids is 4. The third kappa shape index (κ3) is 10.9. The van der Waals surface area contributed by atoms with Crippen LogP contribution in [0, 0.1) is 26.7 Å². The molecule has 3 atom stereocenters. The van der Waals surface area contributed by atoms with Crippen molar-refractivity contribution in [1.82, 2.24) is 10.2 Å². The van der Waals surface area contributed by atoms with Gasteiger partial charge in [-0.05, 0) is 84.4 Å². The lowest BCUT2D eigenvalue weighted by molar-refractivity contribution is -0.144. The Morgan fingerprint density at radius 1 is 0.977 bits per heavy atom. The van der Waals surface area contributed by atoms with E-state index in [0.717, 1.165) is 23.1 Å². The maximum absolute atomic E-state index is 14.5. The molecule has 3 unspecified atom stereocenters. The summed E-state index contributed by atoms with van der Waals surface area (Å²) in [6.07, 6.45) is -0.00817. The number of amides is 4. The number of para-hydroxylation sites is 1. The number of rotatable bonds is 12. The van der Waals surface area contributed by atoms with Crippen LogP contribution in [0.2, 0.25) is 5.02 Å². The Kier molecular flexibility index (Phi) is 12.6. The maximum atomic E-state index is 14.5. The highest BCUT2D eigenvalue weighted by Gasteiger charge is 2.40. The Hall–Kier alpha value is -3.59. The van der Waals surface area contributed by atoms with E-state index in [-0.39, 0.29) is 0 Å². The van der Waals surface area contributed by atoms with E-state index in [0.29, 0.717) is 28.6 Å². The minimum Gasteiger partial charge on any atom is -0.444 e. The van der Waals surface area contributed by atoms with Crippen molar-refractivity contribution < 1.29 is 23.9 Å². The SMILES string of the molecule is Cc1cc(C)cc(C(C(=O)Nc2c(C)cccc2Cl)N(C(=O)C(CC(N)=O)NC(=O)OC(C)(C)C)C(C)CCC(C)C)c1. The fourth-order valence-corrected chi connectivity index (χ4v) is 5.20. The van der Waals surface area contributed by atoms with Gasteiger partial charge < -0.3 is 26.0 Å². The Bertz CT molecular complexity index is 1280. The molecule has 0 heterocycles. The topological polar surface area (TPSA) is 131 Å². The van der Waals surface area contributed by atoms with Gasteiger partial charge in [0.1, 0.15) is 17.7 Å². The third-order valence-electron chi connectivity index (χ3n) is 6.84. The number of halogens is 1. The largest absolute Gasteiger partial charge is 0.444 e. The second-order valence-electron chi connectivity index (χ2n) is 12.7. The highest BCUT2D eigenvalue weighted by molar-refractivity contribution is 6.34. The van der Waals surface area contributed by atoms with Crippen LogP contribution in [0.3, 0.4) is 0 Å². The lowest BCUT2D eigenvalue weighted by Gasteiger charge is -2.39. The van der Waals surface area contributed by atoms with Gasteiger partial charge in [-0.1, -0.05) is 66.9 Å². The summed E-state index contributed by atoms with van der Waals surface area (Å²) in [6.45, 7) is 16.7. The van der Waals surface area contributed by atoms with Crippen molar-refractivity contribution in [3.63, 3.8) is 0 Å². The molecule has 0 aliphatic heterocycles. The Morgan fingerprint density at radius 3 is 2.09 bits per heavy atom. The fourth-order valence-electron chi connectivity index (χ4n) is 4.93. The van der Waals surface area contributed by atoms with Crippen LogP contribution in [0.5, 0.6) is 0 Å². The average Bonchev–Trinajstić information content (AvgIpc) is 2.85. The Balaban J connectivity index is 2.73. The summed E-state index contributed by atoms with van der Waals surface area (Å²) in [5.74, 6) is -1.57. The number of anilines is 1. The zero-order chi connectivity index (χ0) is 32.6. The fraction of sp³-hybridized carbons (Fsp3) is 0.515. The summed E-state index contributed by atoms with van der Waals surface area (Å²) in [7, 11) is 0. The number of nitrogens with zero attached hydrogens (tertiary/aromatic N) is 1. The van der Waals surface area contributed by atoms with Gasteiger partial charge in [0, 0.05) is 6.04 Å². The molecule has 43 heavy (non-hydrogen) atoms. The first-order chi connectivity index (χ1) is 19.9. The van der Waals surface area contributed by atoms with Gasteiger partial charge in [0.15, 0.2) is 0 Å². The first-order valence-electron chi connectivity index (χ1n) is 14.6. The zero-order valence-electron chi connectivity index (χ0n) is 26.8. The van der Waals surface area contributed by atoms with Crippen LogP contribution in [-0.2, 0) is 19.1 Å². The number of hydrogen-bond donors (Lipinski definition) is 3. The number of nitrogens with two attached hydrogens (primary N) is 1. The van der Waals surface area contributed by atoms with E-state index in [1.54, 1.807) is 32.9 Å². The molecule has 0 radical (unpaired) electrons. The van der Waals surface area contributed by atoms with Gasteiger partial charge in [-0.15, -0.1) is 0 Å². The second-order valence-corrected chi connectivity index (χ2v) is 13.1. The van der Waals surface area contributed by atoms with E-state index in [1.165, 1.54) is 4.90 Å². The van der Waals surface area contributed by atoms with Crippen molar-refractivity contribution >= 4 is 41.1 Å². The summed E-state index contributed by atoms with van der Waals surface area (Å²) in [6, 6.07) is 8.03. The molecule has 2 aromatic carbocycles. The molecule has 0 bridgehead atoms. The first kappa shape index (κ1) is 35.6. The molecule has 236 valence electrons. The maximum Gasteiger partial charge on any atom is 0.408 e. The van der Waals surface area contributed by atoms with Gasteiger partial charge in [0.25, 0.3) is 5.91 Å². The van der Waals surface area contributed by atoms with Gasteiger partial charge in [-0.3, -0.25) is 14.4 Å². The third-order valence-corrected chi connectivity index (χ3v) is 7.16. The molecule has 9 nitrogen and oxygen atoms in total. The van der Waals surface area contributed by atoms with Gasteiger partial charge in [-0.25, -0.2) is 4.79 Å². The zero-order valence-corrected chi connectivity index (χ0v) is 27.6. The lowest BCUT2D eigenvalue weighted by atomic mass is 9.94. The van der Waals surface area contributed by atoms with Crippen LogP contribution in [-0.4, -0.2) is 46.4 Å². The predicted molar refractivity (Wildman–Crippen MR) is 171 cm³/mol. The molecule has 0 aromatic heterocycles. The van der Waals surface area contributed by atoms with Crippen molar-refractivity contribution in [2.24, 2.45) is 11.7 Å². The quantitative estimate of drug-likeness (QED) is 0.256. The van der Waals surface area contributed by atoms with E-state index in [9.17, 15) is 19.2 Å². The van der Waals surface area contributed by atoms with Crippen LogP contribution in [0.15, 0.2) is 36.4 Å². The standard InChI is InChI=1S/C33H47ClN4O5/c1-19(2)13-14-23(6)38(31(41)26(18-27(35)39)36-32(42)43-33(7,8)9)29(24-16-20(3)15-21(4)17-24)30(40)37-28-22(5)11-10-12-25(28)34/h10-12,15-17,19,23,26,29H,13-14,18H2,1-9H3,(H2,35,39)(H,36,42)(H,37,40). The molecule has 10 heteroatoms. The number of benzene rings is 2. The lowest BCUT2D eigenvalue weighted by Crippen LogP contribution is -2.56. The highest BCUT2D eigenvalue weighted by Crippen LogP contribution is 2.32. The van der Waals surface area contributed by atoms with E-state index in [1.807, 2.05) is 52.0 Å². The monoisotopic (exact) mass is 614 g/mol. The van der Waals surface area contributed by atoms with Crippen molar-refractivity contribution in [2.45, 2.75) is 105 Å². The minimum atomic E-state index is -1.36. The molecule has 4 N–H and O–H groups in total. The van der Waals surface area contributed by atoms with Crippen molar-refractivity contribution in [1.29, 1.82) is 0 Å². The van der Waals surface area contributed by atoms with E-state index < -0.39 is 54.0 Å². The summed E-state index contributed by atoms with van der Waals surface area (Å²) in [5, 5.41) is 5.85. The van der Waals surface area contributed by atoms with Crippen LogP contribution in [0.1, 0.15) is 89.1 Å². The summed E-state index contributed by atoms with van der Waals surface area (Å²) < 4.78 is 5.38. The van der Waals surface area contributed by atoms with Gasteiger partial charge in [-0.2, -0.15) is 0 Å². The smallest absolute Gasteiger partial charge is 0.408 e. The molecule has 0 fully saturated rings. The molecule has 0 aliphatic rings.